The molecule has 2 saturated carbocycles. The van der Waals surface area contributed by atoms with Crippen LogP contribution in [0.5, 0.6) is 5.75 Å². The monoisotopic (exact) mass is 478 g/mol. The maximum Gasteiger partial charge on any atom is 0.226 e. The summed E-state index contributed by atoms with van der Waals surface area (Å²) in [5.41, 5.74) is 2.05. The first kappa shape index (κ1) is 24.3. The minimum absolute atomic E-state index is 0.0198. The molecular weight excluding hydrogens is 439 g/mol. The van der Waals surface area contributed by atoms with Crippen molar-refractivity contribution in [2.75, 3.05) is 27.7 Å². The van der Waals surface area contributed by atoms with Gasteiger partial charge in [0.25, 0.3) is 0 Å². The molecule has 3 fully saturated rings. The first-order chi connectivity index (χ1) is 16.8. The van der Waals surface area contributed by atoms with E-state index >= 15 is 0 Å². The number of carbonyl (C=O) groups is 1. The summed E-state index contributed by atoms with van der Waals surface area (Å²) in [5, 5.41) is 0. The quantitative estimate of drug-likeness (QED) is 0.489. The number of methoxy groups -OCH3 is 1. The Balaban J connectivity index is 1.39. The van der Waals surface area contributed by atoms with Crippen molar-refractivity contribution in [2.45, 2.75) is 63.5 Å². The molecule has 188 valence electrons. The van der Waals surface area contributed by atoms with E-state index in [9.17, 15) is 9.18 Å². The van der Waals surface area contributed by atoms with Crippen molar-refractivity contribution in [3.63, 3.8) is 0 Å². The zero-order chi connectivity index (χ0) is 24.6. The number of rotatable bonds is 7. The van der Waals surface area contributed by atoms with Crippen molar-refractivity contribution in [3.05, 3.63) is 65.5 Å². The molecule has 3 aliphatic rings. The average molecular weight is 479 g/mol. The third kappa shape index (κ3) is 4.48. The number of amides is 1. The lowest BCUT2D eigenvalue weighted by atomic mass is 9.59. The normalized spacial score (nSPS) is 29.1. The summed E-state index contributed by atoms with van der Waals surface area (Å²) in [6.45, 7) is 1.50. The summed E-state index contributed by atoms with van der Waals surface area (Å²) in [6.07, 6.45) is 8.78. The highest BCUT2D eigenvalue weighted by atomic mass is 19.1. The molecule has 0 N–H and O–H groups in total. The third-order valence-electron chi connectivity index (χ3n) is 9.47. The van der Waals surface area contributed by atoms with Gasteiger partial charge in [0.05, 0.1) is 7.11 Å². The molecule has 4 nitrogen and oxygen atoms in total. The topological polar surface area (TPSA) is 32.8 Å². The Bertz CT molecular complexity index is 1040. The molecule has 5 heteroatoms. The summed E-state index contributed by atoms with van der Waals surface area (Å²) in [6, 6.07) is 15.2. The second kappa shape index (κ2) is 9.57. The number of benzene rings is 2. The van der Waals surface area contributed by atoms with E-state index in [1.165, 1.54) is 25.3 Å². The van der Waals surface area contributed by atoms with Gasteiger partial charge in [-0.3, -0.25) is 9.69 Å². The van der Waals surface area contributed by atoms with Crippen molar-refractivity contribution in [1.29, 1.82) is 0 Å². The van der Waals surface area contributed by atoms with Crippen molar-refractivity contribution < 1.29 is 13.9 Å². The summed E-state index contributed by atoms with van der Waals surface area (Å²) < 4.78 is 19.5. The van der Waals surface area contributed by atoms with Crippen LogP contribution in [0.15, 0.2) is 48.5 Å². The summed E-state index contributed by atoms with van der Waals surface area (Å²) in [5.74, 6) is 1.82. The van der Waals surface area contributed by atoms with Crippen LogP contribution in [0.3, 0.4) is 0 Å². The van der Waals surface area contributed by atoms with E-state index in [2.05, 4.69) is 42.1 Å². The fourth-order valence-electron chi connectivity index (χ4n) is 6.99. The lowest BCUT2D eigenvalue weighted by molar-refractivity contribution is -0.133. The van der Waals surface area contributed by atoms with Crippen molar-refractivity contribution in [1.82, 2.24) is 9.80 Å². The predicted molar refractivity (Wildman–Crippen MR) is 137 cm³/mol. The molecule has 0 aromatic heterocycles. The molecule has 2 aliphatic carbocycles. The molecule has 1 saturated heterocycles. The van der Waals surface area contributed by atoms with Crippen molar-refractivity contribution in [3.8, 4) is 5.75 Å². The van der Waals surface area contributed by atoms with Crippen LogP contribution < -0.4 is 4.74 Å². The summed E-state index contributed by atoms with van der Waals surface area (Å²) in [7, 11) is 5.91. The van der Waals surface area contributed by atoms with Gasteiger partial charge in [-0.2, -0.15) is 0 Å². The molecule has 2 aromatic rings. The van der Waals surface area contributed by atoms with E-state index in [0.717, 1.165) is 55.5 Å². The molecule has 1 amide bonds. The Morgan fingerprint density at radius 2 is 1.77 bits per heavy atom. The third-order valence-corrected chi connectivity index (χ3v) is 9.47. The number of likely N-dealkylation sites (tertiary alicyclic amines) is 1. The Morgan fingerprint density at radius 1 is 1.06 bits per heavy atom. The van der Waals surface area contributed by atoms with Crippen LogP contribution >= 0.6 is 0 Å². The molecule has 35 heavy (non-hydrogen) atoms. The fraction of sp³-hybridized carbons (Fsp3) is 0.567. The lowest BCUT2D eigenvalue weighted by Gasteiger charge is -2.50. The number of halogens is 1. The molecule has 0 bridgehead atoms. The Morgan fingerprint density at radius 3 is 2.34 bits per heavy atom. The van der Waals surface area contributed by atoms with Crippen LogP contribution in [-0.2, 0) is 16.9 Å². The zero-order valence-electron chi connectivity index (χ0n) is 21.4. The van der Waals surface area contributed by atoms with Gasteiger partial charge in [-0.1, -0.05) is 43.5 Å². The number of ether oxygens (including phenoxy) is 1. The Hall–Kier alpha value is -2.40. The van der Waals surface area contributed by atoms with Gasteiger partial charge in [-0.15, -0.1) is 0 Å². The Labute approximate surface area is 209 Å². The average Bonchev–Trinajstić information content (AvgIpc) is 3.07. The molecule has 1 atom stereocenters. The van der Waals surface area contributed by atoms with Crippen molar-refractivity contribution >= 4 is 5.91 Å². The van der Waals surface area contributed by atoms with Crippen molar-refractivity contribution in [2.24, 2.45) is 17.3 Å². The van der Waals surface area contributed by atoms with Crippen LogP contribution in [0.4, 0.5) is 4.39 Å². The first-order valence-electron chi connectivity index (χ1n) is 13.2. The van der Waals surface area contributed by atoms with Gasteiger partial charge in [0.1, 0.15) is 11.6 Å². The van der Waals surface area contributed by atoms with E-state index in [0.29, 0.717) is 18.4 Å². The molecule has 2 aromatic carbocycles. The number of carbonyl (C=O) groups excluding carboxylic acids is 1. The molecule has 0 radical (unpaired) electrons. The highest BCUT2D eigenvalue weighted by molar-refractivity contribution is 5.82. The van der Waals surface area contributed by atoms with Gasteiger partial charge >= 0.3 is 0 Å². The van der Waals surface area contributed by atoms with E-state index < -0.39 is 0 Å². The van der Waals surface area contributed by atoms with Gasteiger partial charge in [0.15, 0.2) is 0 Å². The largest absolute Gasteiger partial charge is 0.497 e. The van der Waals surface area contributed by atoms with Crippen LogP contribution in [0.1, 0.15) is 62.5 Å². The second-order valence-electron chi connectivity index (χ2n) is 11.4. The van der Waals surface area contributed by atoms with E-state index in [1.807, 2.05) is 18.2 Å². The van der Waals surface area contributed by atoms with Crippen LogP contribution in [0, 0.1) is 23.1 Å². The summed E-state index contributed by atoms with van der Waals surface area (Å²) >= 11 is 0. The minimum Gasteiger partial charge on any atom is -0.497 e. The Kier molecular flexibility index (Phi) is 6.65. The lowest BCUT2D eigenvalue weighted by Crippen LogP contribution is -2.49. The van der Waals surface area contributed by atoms with Crippen LogP contribution in [-0.4, -0.2) is 43.5 Å². The van der Waals surface area contributed by atoms with Gasteiger partial charge in [-0.05, 0) is 92.9 Å². The van der Waals surface area contributed by atoms with Gasteiger partial charge in [-0.25, -0.2) is 4.39 Å². The highest BCUT2D eigenvalue weighted by Crippen LogP contribution is 2.56. The number of hydrogen-bond donors (Lipinski definition) is 0. The smallest absolute Gasteiger partial charge is 0.226 e. The number of hydrogen-bond acceptors (Lipinski definition) is 3. The second-order valence-corrected chi connectivity index (χ2v) is 11.4. The molecule has 5 rings (SSSR count). The standard InChI is InChI=1S/C30H39FN2O2/c1-32(2)30(24-8-5-9-25(31)19-24)16-14-29(15-17-30)21-33(20-23-10-12-26(35-3)13-11-23)28(34)27(29)18-22-6-4-7-22/h5,8-13,19,22,27H,4,6-7,14-18,20-21H2,1-3H3. The van der Waals surface area contributed by atoms with Gasteiger partial charge in [0.2, 0.25) is 5.91 Å². The zero-order valence-corrected chi connectivity index (χ0v) is 21.4. The maximum atomic E-state index is 14.2. The van der Waals surface area contributed by atoms with Gasteiger partial charge < -0.3 is 9.64 Å². The number of nitrogens with zero attached hydrogens (tertiary/aromatic N) is 2. The first-order valence-corrected chi connectivity index (χ1v) is 13.2. The molecule has 1 unspecified atom stereocenters. The van der Waals surface area contributed by atoms with Crippen LogP contribution in [0.2, 0.25) is 0 Å². The molecule has 1 heterocycles. The highest BCUT2D eigenvalue weighted by Gasteiger charge is 2.56. The predicted octanol–water partition coefficient (Wildman–Crippen LogP) is 6.00. The molecular formula is C30H39FN2O2. The minimum atomic E-state index is -0.180. The van der Waals surface area contributed by atoms with E-state index in [-0.39, 0.29) is 22.7 Å². The van der Waals surface area contributed by atoms with E-state index in [1.54, 1.807) is 13.2 Å². The molecule has 1 aliphatic heterocycles. The summed E-state index contributed by atoms with van der Waals surface area (Å²) in [4.78, 5) is 18.2. The SMILES string of the molecule is COc1ccc(CN2CC3(CCC(c4cccc(F)c4)(N(C)C)CC3)C(CC3CCC3)C2=O)cc1. The van der Waals surface area contributed by atoms with E-state index in [4.69, 9.17) is 4.74 Å². The van der Waals surface area contributed by atoms with Gasteiger partial charge in [0, 0.05) is 24.5 Å². The maximum absolute atomic E-state index is 14.2. The fourth-order valence-corrected chi connectivity index (χ4v) is 6.99. The molecule has 1 spiro atoms. The van der Waals surface area contributed by atoms with Crippen LogP contribution in [0.25, 0.3) is 0 Å².